The van der Waals surface area contributed by atoms with Crippen LogP contribution in [0.4, 0.5) is 0 Å². The minimum atomic E-state index is -1.30. The van der Waals surface area contributed by atoms with E-state index in [1.807, 2.05) is 0 Å². The van der Waals surface area contributed by atoms with E-state index in [4.69, 9.17) is 9.84 Å². The third-order valence-corrected chi connectivity index (χ3v) is 4.19. The highest BCUT2D eigenvalue weighted by Gasteiger charge is 2.42. The lowest BCUT2D eigenvalue weighted by molar-refractivity contribution is -0.143. The molecule has 0 saturated carbocycles. The molecule has 1 aromatic carbocycles. The summed E-state index contributed by atoms with van der Waals surface area (Å²) in [4.78, 5) is 34.3. The van der Waals surface area contributed by atoms with Crippen molar-refractivity contribution in [3.8, 4) is 5.75 Å². The summed E-state index contributed by atoms with van der Waals surface area (Å²) < 4.78 is 5.43. The number of ether oxygens (including phenoxy) is 1. The molecule has 1 aliphatic carbocycles. The average molecular weight is 376 g/mol. The van der Waals surface area contributed by atoms with Crippen molar-refractivity contribution in [1.82, 2.24) is 0 Å². The van der Waals surface area contributed by atoms with Gasteiger partial charge in [0, 0.05) is 25.8 Å². The van der Waals surface area contributed by atoms with Crippen LogP contribution in [0.25, 0.3) is 0 Å². The summed E-state index contributed by atoms with van der Waals surface area (Å²) >= 11 is 0. The van der Waals surface area contributed by atoms with E-state index in [2.05, 4.69) is 10.2 Å². The molecule has 0 fully saturated rings. The normalized spacial score (nSPS) is 20.1. The highest BCUT2D eigenvalue weighted by atomic mass is 16.5. The maximum atomic E-state index is 12.2. The Morgan fingerprint density at radius 1 is 1.22 bits per heavy atom. The molecule has 3 N–H and O–H groups in total. The van der Waals surface area contributed by atoms with Crippen LogP contribution in [0, 0.1) is 5.92 Å². The van der Waals surface area contributed by atoms with Crippen molar-refractivity contribution in [3.05, 3.63) is 41.3 Å². The first-order valence-corrected chi connectivity index (χ1v) is 8.28. The summed E-state index contributed by atoms with van der Waals surface area (Å²) in [5.41, 5.74) is 0.243. The standard InChI is InChI=1S/C18H20N2O7/c1-19-20-16-13(21)9-12(15(17(16)24)18(25)26)10-4-6-11(7-5-10)27-8-2-3-14(22)23/h4-7,12,15,24H,2-3,8-9H2,1H3,(H,22,23)(H,25,26). The molecule has 0 amide bonds. The second-order valence-electron chi connectivity index (χ2n) is 6.00. The number of benzene rings is 1. The van der Waals surface area contributed by atoms with Gasteiger partial charge in [-0.05, 0) is 24.1 Å². The predicted molar refractivity (Wildman–Crippen MR) is 92.7 cm³/mol. The molecule has 0 bridgehead atoms. The number of nitrogens with zero attached hydrogens (tertiary/aromatic N) is 2. The number of Topliss-reactive ketones (excluding diaryl/α,β-unsaturated/α-hetero) is 1. The Morgan fingerprint density at radius 2 is 1.89 bits per heavy atom. The highest BCUT2D eigenvalue weighted by molar-refractivity contribution is 5.99. The number of aliphatic hydroxyl groups is 1. The smallest absolute Gasteiger partial charge is 0.314 e. The van der Waals surface area contributed by atoms with Crippen LogP contribution in [-0.4, -0.2) is 46.7 Å². The molecule has 2 rings (SSSR count). The third-order valence-electron chi connectivity index (χ3n) is 4.19. The van der Waals surface area contributed by atoms with E-state index in [1.54, 1.807) is 24.3 Å². The van der Waals surface area contributed by atoms with Crippen molar-refractivity contribution in [2.24, 2.45) is 16.1 Å². The van der Waals surface area contributed by atoms with Gasteiger partial charge in [-0.15, -0.1) is 5.11 Å². The Morgan fingerprint density at radius 3 is 2.44 bits per heavy atom. The molecule has 0 heterocycles. The Bertz CT molecular complexity index is 783. The van der Waals surface area contributed by atoms with Crippen molar-refractivity contribution in [2.75, 3.05) is 13.7 Å². The van der Waals surface area contributed by atoms with Crippen LogP contribution < -0.4 is 4.74 Å². The van der Waals surface area contributed by atoms with Gasteiger partial charge < -0.3 is 20.1 Å². The van der Waals surface area contributed by atoms with Crippen LogP contribution in [0.1, 0.15) is 30.7 Å². The van der Waals surface area contributed by atoms with E-state index in [9.17, 15) is 24.6 Å². The van der Waals surface area contributed by atoms with E-state index in [-0.39, 0.29) is 25.1 Å². The SMILES string of the molecule is CN=NC1=C(O)C(C(=O)O)C(c2ccc(OCCCC(=O)O)cc2)CC1=O. The summed E-state index contributed by atoms with van der Waals surface area (Å²) in [6.45, 7) is 0.236. The molecule has 2 unspecified atom stereocenters. The first-order chi connectivity index (χ1) is 12.8. The number of carbonyl (C=O) groups excluding carboxylic acids is 1. The van der Waals surface area contributed by atoms with Crippen LogP contribution in [0.15, 0.2) is 46.0 Å². The van der Waals surface area contributed by atoms with E-state index < -0.39 is 35.3 Å². The number of azo groups is 1. The maximum Gasteiger partial charge on any atom is 0.314 e. The molecule has 9 nitrogen and oxygen atoms in total. The van der Waals surface area contributed by atoms with E-state index in [0.29, 0.717) is 17.7 Å². The van der Waals surface area contributed by atoms with Crippen molar-refractivity contribution < 1.29 is 34.4 Å². The van der Waals surface area contributed by atoms with Crippen LogP contribution >= 0.6 is 0 Å². The zero-order chi connectivity index (χ0) is 20.0. The summed E-state index contributed by atoms with van der Waals surface area (Å²) in [7, 11) is 1.32. The van der Waals surface area contributed by atoms with Gasteiger partial charge in [-0.3, -0.25) is 14.4 Å². The minimum Gasteiger partial charge on any atom is -0.509 e. The van der Waals surface area contributed by atoms with Crippen LogP contribution in [-0.2, 0) is 14.4 Å². The number of aliphatic carboxylic acids is 2. The Balaban J connectivity index is 2.17. The fraction of sp³-hybridized carbons (Fsp3) is 0.389. The molecule has 1 aromatic rings. The van der Waals surface area contributed by atoms with E-state index in [1.165, 1.54) is 7.05 Å². The number of rotatable bonds is 8. The third kappa shape index (κ3) is 4.90. The van der Waals surface area contributed by atoms with Crippen molar-refractivity contribution >= 4 is 17.7 Å². The van der Waals surface area contributed by atoms with Gasteiger partial charge in [0.2, 0.25) is 0 Å². The lowest BCUT2D eigenvalue weighted by Gasteiger charge is -2.28. The number of aliphatic hydroxyl groups excluding tert-OH is 1. The quantitative estimate of drug-likeness (QED) is 0.467. The van der Waals surface area contributed by atoms with Gasteiger partial charge in [-0.1, -0.05) is 12.1 Å². The molecule has 0 aromatic heterocycles. The zero-order valence-corrected chi connectivity index (χ0v) is 14.7. The topological polar surface area (TPSA) is 146 Å². The van der Waals surface area contributed by atoms with Gasteiger partial charge in [0.25, 0.3) is 0 Å². The van der Waals surface area contributed by atoms with Gasteiger partial charge in [-0.2, -0.15) is 5.11 Å². The molecule has 9 heteroatoms. The van der Waals surface area contributed by atoms with Crippen molar-refractivity contribution in [2.45, 2.75) is 25.2 Å². The summed E-state index contributed by atoms with van der Waals surface area (Å²) in [6, 6.07) is 6.48. The van der Waals surface area contributed by atoms with Gasteiger partial charge in [-0.25, -0.2) is 0 Å². The monoisotopic (exact) mass is 376 g/mol. The summed E-state index contributed by atoms with van der Waals surface area (Å²) in [5.74, 6) is -4.78. The Hall–Kier alpha value is -3.23. The largest absolute Gasteiger partial charge is 0.509 e. The first kappa shape index (κ1) is 20.1. The number of ketones is 1. The van der Waals surface area contributed by atoms with Crippen LogP contribution in [0.3, 0.4) is 0 Å². The number of hydrogen-bond donors (Lipinski definition) is 3. The number of carbonyl (C=O) groups is 3. The van der Waals surface area contributed by atoms with Crippen LogP contribution in [0.2, 0.25) is 0 Å². The lowest BCUT2D eigenvalue weighted by atomic mass is 9.76. The Labute approximate surface area is 155 Å². The predicted octanol–water partition coefficient (Wildman–Crippen LogP) is 2.54. The fourth-order valence-corrected chi connectivity index (χ4v) is 2.93. The number of allylic oxidation sites excluding steroid dienone is 1. The van der Waals surface area contributed by atoms with Crippen LogP contribution in [0.5, 0.6) is 5.75 Å². The number of carboxylic acids is 2. The molecule has 27 heavy (non-hydrogen) atoms. The number of hydrogen-bond acceptors (Lipinski definition) is 7. The average Bonchev–Trinajstić information content (AvgIpc) is 2.61. The second-order valence-corrected chi connectivity index (χ2v) is 6.00. The minimum absolute atomic E-state index is 0.00556. The Kier molecular flexibility index (Phi) is 6.64. The number of carboxylic acid groups (broad SMARTS) is 2. The molecule has 0 spiro atoms. The van der Waals surface area contributed by atoms with Crippen molar-refractivity contribution in [1.29, 1.82) is 0 Å². The van der Waals surface area contributed by atoms with Crippen molar-refractivity contribution in [3.63, 3.8) is 0 Å². The van der Waals surface area contributed by atoms with E-state index >= 15 is 0 Å². The summed E-state index contributed by atoms with van der Waals surface area (Å²) in [6.07, 6.45) is 0.253. The lowest BCUT2D eigenvalue weighted by Crippen LogP contribution is -2.32. The van der Waals surface area contributed by atoms with E-state index in [0.717, 1.165) is 0 Å². The highest BCUT2D eigenvalue weighted by Crippen LogP contribution is 2.39. The second kappa shape index (κ2) is 8.93. The molecular weight excluding hydrogens is 356 g/mol. The maximum absolute atomic E-state index is 12.2. The fourth-order valence-electron chi connectivity index (χ4n) is 2.93. The molecular formula is C18H20N2O7. The molecule has 0 aliphatic heterocycles. The molecule has 144 valence electrons. The molecule has 2 atom stereocenters. The van der Waals surface area contributed by atoms with Gasteiger partial charge in [0.05, 0.1) is 6.61 Å². The van der Waals surface area contributed by atoms with Gasteiger partial charge in [0.15, 0.2) is 11.5 Å². The molecule has 0 saturated heterocycles. The van der Waals surface area contributed by atoms with Gasteiger partial charge >= 0.3 is 11.9 Å². The first-order valence-electron chi connectivity index (χ1n) is 8.28. The summed E-state index contributed by atoms with van der Waals surface area (Å²) in [5, 5.41) is 35.3. The molecule has 0 radical (unpaired) electrons. The zero-order valence-electron chi connectivity index (χ0n) is 14.7. The van der Waals surface area contributed by atoms with Gasteiger partial charge in [0.1, 0.15) is 17.4 Å². The molecule has 1 aliphatic rings.